The Balaban J connectivity index is 1.40. The molecule has 2 N–H and O–H groups in total. The van der Waals surface area contributed by atoms with Crippen LogP contribution in [0.3, 0.4) is 0 Å². The van der Waals surface area contributed by atoms with E-state index in [-0.39, 0.29) is 11.7 Å². The molecule has 0 aliphatic heterocycles. The SMILES string of the molecule is COc1ccc(CNC(=O)c2cc(-c3cc(C)nc(NCC4CC4)n3)no2)cc1. The maximum atomic E-state index is 12.4. The molecule has 1 aliphatic carbocycles. The molecule has 150 valence electrons. The van der Waals surface area contributed by atoms with Crippen molar-refractivity contribution in [3.8, 4) is 17.1 Å². The molecule has 8 nitrogen and oxygen atoms in total. The highest BCUT2D eigenvalue weighted by Crippen LogP contribution is 2.28. The first-order valence-corrected chi connectivity index (χ1v) is 9.58. The Kier molecular flexibility index (Phi) is 5.41. The van der Waals surface area contributed by atoms with Crippen molar-refractivity contribution < 1.29 is 14.1 Å². The van der Waals surface area contributed by atoms with Gasteiger partial charge in [0.05, 0.1) is 12.8 Å². The number of hydrogen-bond donors (Lipinski definition) is 2. The highest BCUT2D eigenvalue weighted by Gasteiger charge is 2.21. The van der Waals surface area contributed by atoms with Gasteiger partial charge in [-0.15, -0.1) is 0 Å². The van der Waals surface area contributed by atoms with Crippen molar-refractivity contribution in [3.05, 3.63) is 53.4 Å². The Labute approximate surface area is 168 Å². The van der Waals surface area contributed by atoms with E-state index in [1.54, 1.807) is 13.2 Å². The summed E-state index contributed by atoms with van der Waals surface area (Å²) in [4.78, 5) is 21.3. The molecule has 0 bridgehead atoms. The zero-order valence-electron chi connectivity index (χ0n) is 16.4. The minimum atomic E-state index is -0.336. The van der Waals surface area contributed by atoms with Crippen LogP contribution in [-0.4, -0.2) is 34.7 Å². The second-order valence-electron chi connectivity index (χ2n) is 7.15. The van der Waals surface area contributed by atoms with E-state index >= 15 is 0 Å². The van der Waals surface area contributed by atoms with Crippen molar-refractivity contribution in [2.24, 2.45) is 5.92 Å². The van der Waals surface area contributed by atoms with Crippen LogP contribution in [0.25, 0.3) is 11.4 Å². The van der Waals surface area contributed by atoms with Crippen LogP contribution >= 0.6 is 0 Å². The lowest BCUT2D eigenvalue weighted by atomic mass is 10.2. The maximum absolute atomic E-state index is 12.4. The van der Waals surface area contributed by atoms with E-state index in [1.807, 2.05) is 37.3 Å². The first-order valence-electron chi connectivity index (χ1n) is 9.58. The van der Waals surface area contributed by atoms with Crippen LogP contribution in [0, 0.1) is 12.8 Å². The molecule has 2 aromatic heterocycles. The van der Waals surface area contributed by atoms with Crippen LogP contribution in [0.15, 0.2) is 40.9 Å². The Morgan fingerprint density at radius 2 is 1.97 bits per heavy atom. The van der Waals surface area contributed by atoms with Crippen LogP contribution in [0.2, 0.25) is 0 Å². The minimum absolute atomic E-state index is 0.136. The second-order valence-corrected chi connectivity index (χ2v) is 7.15. The normalized spacial score (nSPS) is 13.2. The molecular weight excluding hydrogens is 370 g/mol. The van der Waals surface area contributed by atoms with E-state index in [9.17, 15) is 4.79 Å². The van der Waals surface area contributed by atoms with Crippen molar-refractivity contribution in [1.82, 2.24) is 20.4 Å². The van der Waals surface area contributed by atoms with Gasteiger partial charge in [-0.1, -0.05) is 17.3 Å². The molecule has 4 rings (SSSR count). The number of rotatable bonds is 8. The molecule has 1 aliphatic rings. The number of aryl methyl sites for hydroxylation is 1. The van der Waals surface area contributed by atoms with E-state index in [1.165, 1.54) is 12.8 Å². The zero-order valence-corrected chi connectivity index (χ0v) is 16.4. The lowest BCUT2D eigenvalue weighted by molar-refractivity contribution is 0.0914. The molecule has 8 heteroatoms. The van der Waals surface area contributed by atoms with Gasteiger partial charge in [-0.05, 0) is 49.4 Å². The van der Waals surface area contributed by atoms with Crippen molar-refractivity contribution in [3.63, 3.8) is 0 Å². The fraction of sp³-hybridized carbons (Fsp3) is 0.333. The number of benzene rings is 1. The van der Waals surface area contributed by atoms with Crippen molar-refractivity contribution in [2.75, 3.05) is 19.0 Å². The third-order valence-electron chi connectivity index (χ3n) is 4.71. The van der Waals surface area contributed by atoms with E-state index in [0.29, 0.717) is 23.9 Å². The van der Waals surface area contributed by atoms with Gasteiger partial charge in [0, 0.05) is 24.8 Å². The lowest BCUT2D eigenvalue weighted by Gasteiger charge is -2.06. The van der Waals surface area contributed by atoms with Crippen LogP contribution < -0.4 is 15.4 Å². The van der Waals surface area contributed by atoms with Gasteiger partial charge < -0.3 is 19.9 Å². The van der Waals surface area contributed by atoms with E-state index in [2.05, 4.69) is 25.8 Å². The average Bonchev–Trinajstić information content (AvgIpc) is 3.44. The third-order valence-corrected chi connectivity index (χ3v) is 4.71. The number of aromatic nitrogens is 3. The van der Waals surface area contributed by atoms with Crippen LogP contribution in [0.4, 0.5) is 5.95 Å². The van der Waals surface area contributed by atoms with Gasteiger partial charge in [0.15, 0.2) is 0 Å². The quantitative estimate of drug-likeness (QED) is 0.606. The summed E-state index contributed by atoms with van der Waals surface area (Å²) in [5, 5.41) is 10.1. The summed E-state index contributed by atoms with van der Waals surface area (Å²) in [6.07, 6.45) is 2.51. The molecule has 0 saturated heterocycles. The van der Waals surface area contributed by atoms with Gasteiger partial charge in [-0.25, -0.2) is 9.97 Å². The molecule has 0 radical (unpaired) electrons. The molecule has 0 atom stereocenters. The number of carbonyl (C=O) groups excluding carboxylic acids is 1. The van der Waals surface area contributed by atoms with Gasteiger partial charge in [0.2, 0.25) is 11.7 Å². The van der Waals surface area contributed by atoms with Crippen LogP contribution in [0.1, 0.15) is 34.7 Å². The summed E-state index contributed by atoms with van der Waals surface area (Å²) in [5.41, 5.74) is 2.90. The fourth-order valence-electron chi connectivity index (χ4n) is 2.85. The highest BCUT2D eigenvalue weighted by atomic mass is 16.5. The van der Waals surface area contributed by atoms with E-state index in [4.69, 9.17) is 9.26 Å². The lowest BCUT2D eigenvalue weighted by Crippen LogP contribution is -2.22. The highest BCUT2D eigenvalue weighted by molar-refractivity contribution is 5.92. The number of nitrogens with zero attached hydrogens (tertiary/aromatic N) is 3. The second kappa shape index (κ2) is 8.30. The van der Waals surface area contributed by atoms with Crippen LogP contribution in [-0.2, 0) is 6.54 Å². The summed E-state index contributed by atoms with van der Waals surface area (Å²) < 4.78 is 10.4. The molecule has 1 amide bonds. The van der Waals surface area contributed by atoms with Gasteiger partial charge in [-0.2, -0.15) is 0 Å². The van der Waals surface area contributed by atoms with Gasteiger partial charge in [-0.3, -0.25) is 4.79 Å². The molecular formula is C21H23N5O3. The first kappa shape index (κ1) is 18.9. The fourth-order valence-corrected chi connectivity index (χ4v) is 2.85. The topological polar surface area (TPSA) is 102 Å². The Morgan fingerprint density at radius 1 is 1.17 bits per heavy atom. The van der Waals surface area contributed by atoms with Crippen molar-refractivity contribution >= 4 is 11.9 Å². The number of nitrogens with one attached hydrogen (secondary N) is 2. The Hall–Kier alpha value is -3.42. The number of hydrogen-bond acceptors (Lipinski definition) is 7. The predicted octanol–water partition coefficient (Wildman–Crippen LogP) is 3.20. The largest absolute Gasteiger partial charge is 0.497 e. The number of methoxy groups -OCH3 is 1. The number of amides is 1. The summed E-state index contributed by atoms with van der Waals surface area (Å²) >= 11 is 0. The maximum Gasteiger partial charge on any atom is 0.290 e. The summed E-state index contributed by atoms with van der Waals surface area (Å²) in [6, 6.07) is 10.9. The van der Waals surface area contributed by atoms with Gasteiger partial charge >= 0.3 is 0 Å². The first-order chi connectivity index (χ1) is 14.1. The van der Waals surface area contributed by atoms with Crippen LogP contribution in [0.5, 0.6) is 5.75 Å². The van der Waals surface area contributed by atoms with Crippen molar-refractivity contribution in [2.45, 2.75) is 26.3 Å². The number of ether oxygens (including phenoxy) is 1. The smallest absolute Gasteiger partial charge is 0.290 e. The Bertz CT molecular complexity index is 996. The number of carbonyl (C=O) groups is 1. The zero-order chi connectivity index (χ0) is 20.2. The number of anilines is 1. The molecule has 0 unspecified atom stereocenters. The minimum Gasteiger partial charge on any atom is -0.497 e. The summed E-state index contributed by atoms with van der Waals surface area (Å²) in [7, 11) is 1.61. The molecule has 1 aromatic carbocycles. The molecule has 1 saturated carbocycles. The molecule has 3 aromatic rings. The summed E-state index contributed by atoms with van der Waals surface area (Å²) in [6.45, 7) is 3.15. The molecule has 2 heterocycles. The summed E-state index contributed by atoms with van der Waals surface area (Å²) in [5.74, 6) is 1.86. The van der Waals surface area contributed by atoms with E-state index in [0.717, 1.165) is 29.5 Å². The molecule has 0 spiro atoms. The average molecular weight is 393 g/mol. The predicted molar refractivity (Wildman–Crippen MR) is 108 cm³/mol. The standard InChI is InChI=1S/C21H23N5O3/c1-13-9-17(25-21(24-13)23-12-14-3-4-14)18-10-19(29-26-18)20(27)22-11-15-5-7-16(28-2)8-6-15/h5-10,14H,3-4,11-12H2,1-2H3,(H,22,27)(H,23,24,25). The van der Waals surface area contributed by atoms with Crippen molar-refractivity contribution in [1.29, 1.82) is 0 Å². The Morgan fingerprint density at radius 3 is 2.69 bits per heavy atom. The molecule has 29 heavy (non-hydrogen) atoms. The van der Waals surface area contributed by atoms with Gasteiger partial charge in [0.1, 0.15) is 11.4 Å². The molecule has 1 fully saturated rings. The van der Waals surface area contributed by atoms with Gasteiger partial charge in [0.25, 0.3) is 5.91 Å². The monoisotopic (exact) mass is 393 g/mol. The van der Waals surface area contributed by atoms with E-state index < -0.39 is 0 Å². The third kappa shape index (κ3) is 4.90.